The third kappa shape index (κ3) is 8.19. The average molecular weight is 550 g/mol. The van der Waals surface area contributed by atoms with Crippen molar-refractivity contribution in [3.8, 4) is 0 Å². The third-order valence-electron chi connectivity index (χ3n) is 6.48. The van der Waals surface area contributed by atoms with E-state index in [1.54, 1.807) is 6.07 Å². The Morgan fingerprint density at radius 3 is 2.44 bits per heavy atom. The summed E-state index contributed by atoms with van der Waals surface area (Å²) in [4.78, 5) is 37.9. The Morgan fingerprint density at radius 1 is 1.13 bits per heavy atom. The van der Waals surface area contributed by atoms with Crippen LogP contribution in [-0.2, 0) is 20.2 Å². The molecule has 0 saturated carbocycles. The van der Waals surface area contributed by atoms with Gasteiger partial charge in [0.1, 0.15) is 11.9 Å². The van der Waals surface area contributed by atoms with Crippen molar-refractivity contribution in [1.82, 2.24) is 16.0 Å². The molecule has 0 spiro atoms. The van der Waals surface area contributed by atoms with Crippen LogP contribution in [0.5, 0.6) is 0 Å². The molecule has 3 rings (SSSR count). The van der Waals surface area contributed by atoms with Crippen LogP contribution in [0.3, 0.4) is 0 Å². The van der Waals surface area contributed by atoms with Crippen molar-refractivity contribution in [1.29, 1.82) is 0 Å². The number of benzene rings is 2. The molecule has 11 heteroatoms. The smallest absolute Gasteiger partial charge is 0.408 e. The van der Waals surface area contributed by atoms with Crippen LogP contribution in [0.1, 0.15) is 50.3 Å². The van der Waals surface area contributed by atoms with Gasteiger partial charge in [0.05, 0.1) is 12.6 Å². The summed E-state index contributed by atoms with van der Waals surface area (Å²) in [5.41, 5.74) is -0.704. The van der Waals surface area contributed by atoms with Gasteiger partial charge >= 0.3 is 12.0 Å². The fraction of sp³-hybridized carbons (Fsp3) is 0.464. The Morgan fingerprint density at radius 2 is 1.85 bits per heavy atom. The third-order valence-corrected chi connectivity index (χ3v) is 6.48. The highest BCUT2D eigenvalue weighted by atomic mass is 19.3. The van der Waals surface area contributed by atoms with Crippen molar-refractivity contribution >= 4 is 17.9 Å². The van der Waals surface area contributed by atoms with Crippen molar-refractivity contribution < 1.29 is 37.4 Å². The van der Waals surface area contributed by atoms with E-state index in [2.05, 4.69) is 16.0 Å². The second kappa shape index (κ2) is 13.5. The minimum absolute atomic E-state index is 0.0260. The van der Waals surface area contributed by atoms with E-state index in [9.17, 15) is 23.9 Å². The van der Waals surface area contributed by atoms with Crippen LogP contribution >= 0.6 is 0 Å². The van der Waals surface area contributed by atoms with Crippen LogP contribution in [0.15, 0.2) is 54.6 Å². The van der Waals surface area contributed by atoms with Crippen molar-refractivity contribution in [2.45, 2.75) is 57.2 Å². The van der Waals surface area contributed by atoms with Gasteiger partial charge in [0.15, 0.2) is 6.10 Å². The summed E-state index contributed by atoms with van der Waals surface area (Å²) in [5, 5.41) is 17.5. The molecule has 1 saturated heterocycles. The summed E-state index contributed by atoms with van der Waals surface area (Å²) in [6, 6.07) is 9.28. The van der Waals surface area contributed by atoms with Gasteiger partial charge in [-0.3, -0.25) is 9.59 Å². The zero-order chi connectivity index (χ0) is 28.6. The van der Waals surface area contributed by atoms with Gasteiger partial charge in [0.2, 0.25) is 11.8 Å². The van der Waals surface area contributed by atoms with Crippen molar-refractivity contribution in [3.63, 3.8) is 0 Å². The highest BCUT2D eigenvalue weighted by Crippen LogP contribution is 2.43. The lowest BCUT2D eigenvalue weighted by Crippen LogP contribution is -2.52. The molecule has 1 aliphatic rings. The average Bonchev–Trinajstić information content (AvgIpc) is 3.30. The SMILES string of the molecule is CC(C)C[C@H](NC(=O)O[C@@H](c1ccccc1)C(F)(F)c1cccc(F)c1)C(=O)N[C@H](CO)C[C@@H]1CCNC1=O. The molecule has 0 radical (unpaired) electrons. The van der Waals surface area contributed by atoms with Gasteiger partial charge < -0.3 is 25.8 Å². The van der Waals surface area contributed by atoms with E-state index >= 15 is 8.78 Å². The number of alkyl halides is 2. The highest BCUT2D eigenvalue weighted by molar-refractivity contribution is 5.86. The Balaban J connectivity index is 1.77. The minimum atomic E-state index is -3.81. The van der Waals surface area contributed by atoms with E-state index in [1.807, 2.05) is 13.8 Å². The molecule has 1 fully saturated rings. The molecule has 8 nitrogen and oxygen atoms in total. The number of alkyl carbamates (subject to hydrolysis) is 1. The normalized spacial score (nSPS) is 17.7. The van der Waals surface area contributed by atoms with Crippen LogP contribution in [0.25, 0.3) is 0 Å². The highest BCUT2D eigenvalue weighted by Gasteiger charge is 2.46. The number of halogens is 3. The minimum Gasteiger partial charge on any atom is -0.434 e. The molecule has 0 aliphatic carbocycles. The summed E-state index contributed by atoms with van der Waals surface area (Å²) in [5.74, 6) is -5.92. The molecule has 2 aromatic rings. The second-order valence-corrected chi connectivity index (χ2v) is 10.1. The number of aliphatic hydroxyl groups is 1. The molecule has 212 valence electrons. The molecule has 39 heavy (non-hydrogen) atoms. The fourth-order valence-corrected chi connectivity index (χ4v) is 4.51. The molecule has 0 unspecified atom stereocenters. The molecule has 2 aromatic carbocycles. The van der Waals surface area contributed by atoms with Gasteiger partial charge in [-0.15, -0.1) is 0 Å². The lowest BCUT2D eigenvalue weighted by molar-refractivity contribution is -0.128. The number of hydrogen-bond acceptors (Lipinski definition) is 5. The maximum atomic E-state index is 15.6. The first kappa shape index (κ1) is 29.9. The number of hydrogen-bond donors (Lipinski definition) is 4. The monoisotopic (exact) mass is 549 g/mol. The lowest BCUT2D eigenvalue weighted by atomic mass is 9.97. The van der Waals surface area contributed by atoms with Gasteiger partial charge in [0, 0.05) is 18.0 Å². The first-order valence-corrected chi connectivity index (χ1v) is 12.9. The summed E-state index contributed by atoms with van der Waals surface area (Å²) < 4.78 is 50.1. The van der Waals surface area contributed by atoms with E-state index in [0.717, 1.165) is 18.2 Å². The number of rotatable bonds is 12. The Hall–Kier alpha value is -3.60. The lowest BCUT2D eigenvalue weighted by Gasteiger charge is -2.29. The van der Waals surface area contributed by atoms with Crippen LogP contribution in [0.2, 0.25) is 0 Å². The maximum absolute atomic E-state index is 15.6. The largest absolute Gasteiger partial charge is 0.434 e. The molecule has 4 N–H and O–H groups in total. The van der Waals surface area contributed by atoms with Crippen molar-refractivity contribution in [2.75, 3.05) is 13.2 Å². The number of nitrogens with one attached hydrogen (secondary N) is 3. The van der Waals surface area contributed by atoms with Crippen molar-refractivity contribution in [3.05, 3.63) is 71.5 Å². The van der Waals surface area contributed by atoms with E-state index < -0.39 is 54.1 Å². The number of amides is 3. The Labute approximate surface area is 225 Å². The van der Waals surface area contributed by atoms with E-state index in [0.29, 0.717) is 19.0 Å². The Kier molecular flexibility index (Phi) is 10.3. The summed E-state index contributed by atoms with van der Waals surface area (Å²) in [6.07, 6.45) is -2.45. The number of carbonyl (C=O) groups is 3. The van der Waals surface area contributed by atoms with Gasteiger partial charge in [-0.2, -0.15) is 8.78 Å². The van der Waals surface area contributed by atoms with E-state index in [-0.39, 0.29) is 36.1 Å². The summed E-state index contributed by atoms with van der Waals surface area (Å²) in [6.45, 7) is 3.71. The molecule has 1 aliphatic heterocycles. The van der Waals surface area contributed by atoms with E-state index in [1.165, 1.54) is 24.3 Å². The van der Waals surface area contributed by atoms with Gasteiger partial charge in [0.25, 0.3) is 0 Å². The van der Waals surface area contributed by atoms with Crippen LogP contribution in [0.4, 0.5) is 18.0 Å². The standard InChI is InChI=1S/C28H34F3N3O5/c1-17(2)13-23(26(37)33-22(16-35)14-19-11-12-32-25(19)36)34-27(38)39-24(18-7-4-3-5-8-18)28(30,31)20-9-6-10-21(29)15-20/h3-10,15,17,19,22-24,35H,11-14,16H2,1-2H3,(H,32,36)(H,33,37)(H,34,38)/t19-,22-,23-,24-/m0/s1. The summed E-state index contributed by atoms with van der Waals surface area (Å²) >= 11 is 0. The molecular weight excluding hydrogens is 515 g/mol. The van der Waals surface area contributed by atoms with Crippen molar-refractivity contribution in [2.24, 2.45) is 11.8 Å². The Bertz CT molecular complexity index is 1130. The van der Waals surface area contributed by atoms with E-state index in [4.69, 9.17) is 4.74 Å². The van der Waals surface area contributed by atoms with Gasteiger partial charge in [-0.05, 0) is 42.9 Å². The fourth-order valence-electron chi connectivity index (χ4n) is 4.51. The molecule has 0 aromatic heterocycles. The van der Waals surface area contributed by atoms with Gasteiger partial charge in [-0.1, -0.05) is 56.3 Å². The molecule has 4 atom stereocenters. The van der Waals surface area contributed by atoms with Crippen LogP contribution < -0.4 is 16.0 Å². The topological polar surface area (TPSA) is 117 Å². The molecule has 1 heterocycles. The number of ether oxygens (including phenoxy) is 1. The van der Waals surface area contributed by atoms with Crippen LogP contribution in [0, 0.1) is 17.7 Å². The zero-order valence-electron chi connectivity index (χ0n) is 21.8. The first-order valence-electron chi connectivity index (χ1n) is 12.9. The predicted molar refractivity (Wildman–Crippen MR) is 137 cm³/mol. The number of aliphatic hydroxyl groups excluding tert-OH is 1. The quantitative estimate of drug-likeness (QED) is 0.321. The predicted octanol–water partition coefficient (Wildman–Crippen LogP) is 3.80. The van der Waals surface area contributed by atoms with Gasteiger partial charge in [-0.25, -0.2) is 9.18 Å². The molecular formula is C28H34F3N3O5. The number of carbonyl (C=O) groups excluding carboxylic acids is 3. The summed E-state index contributed by atoms with van der Waals surface area (Å²) in [7, 11) is 0. The molecule has 0 bridgehead atoms. The zero-order valence-corrected chi connectivity index (χ0v) is 21.8. The second-order valence-electron chi connectivity index (χ2n) is 10.1. The molecule has 3 amide bonds. The maximum Gasteiger partial charge on any atom is 0.408 e. The van der Waals surface area contributed by atoms with Crippen LogP contribution in [-0.4, -0.2) is 48.2 Å². The first-order chi connectivity index (χ1) is 18.5.